The number of rotatable bonds is 4. The molecule has 1 aliphatic carbocycles. The Hall–Kier alpha value is -0.830. The van der Waals surface area contributed by atoms with Crippen LogP contribution in [0.15, 0.2) is 12.2 Å². The third-order valence-corrected chi connectivity index (χ3v) is 3.88. The largest absolute Gasteiger partial charge is 0.288 e. The van der Waals surface area contributed by atoms with Gasteiger partial charge in [-0.3, -0.25) is 10.2 Å². The normalized spacial score (nSPS) is 27.8. The predicted molar refractivity (Wildman–Crippen MR) is 69.3 cm³/mol. The molecule has 0 aromatic rings. The second kappa shape index (κ2) is 6.20. The Kier molecular flexibility index (Phi) is 4.60. The van der Waals surface area contributed by atoms with Gasteiger partial charge in [0.1, 0.15) is 0 Å². The highest BCUT2D eigenvalue weighted by Gasteiger charge is 2.33. The monoisotopic (exact) mass is 236 g/mol. The molecule has 3 heteroatoms. The molecule has 0 radical (unpaired) electrons. The number of amides is 1. The summed E-state index contributed by atoms with van der Waals surface area (Å²) in [5.41, 5.74) is 3.06. The van der Waals surface area contributed by atoms with Crippen LogP contribution in [0.4, 0.5) is 0 Å². The van der Waals surface area contributed by atoms with E-state index >= 15 is 0 Å². The molecule has 2 rings (SSSR count). The molecular formula is C14H24N2O. The number of nitrogens with zero attached hydrogens (tertiary/aromatic N) is 1. The minimum atomic E-state index is 0.166. The predicted octanol–water partition coefficient (Wildman–Crippen LogP) is 2.64. The molecule has 1 unspecified atom stereocenters. The van der Waals surface area contributed by atoms with Gasteiger partial charge in [-0.1, -0.05) is 38.3 Å². The van der Waals surface area contributed by atoms with Crippen LogP contribution in [0.2, 0.25) is 0 Å². The molecule has 17 heavy (non-hydrogen) atoms. The highest BCUT2D eigenvalue weighted by molar-refractivity contribution is 5.80. The molecule has 1 amide bonds. The van der Waals surface area contributed by atoms with Crippen molar-refractivity contribution in [2.45, 2.75) is 57.9 Å². The highest BCUT2D eigenvalue weighted by Crippen LogP contribution is 2.25. The lowest BCUT2D eigenvalue weighted by atomic mass is 9.95. The molecule has 1 saturated heterocycles. The Morgan fingerprint density at radius 3 is 2.76 bits per heavy atom. The van der Waals surface area contributed by atoms with Crippen molar-refractivity contribution in [3.63, 3.8) is 0 Å². The quantitative estimate of drug-likeness (QED) is 0.761. The summed E-state index contributed by atoms with van der Waals surface area (Å²) >= 11 is 0. The van der Waals surface area contributed by atoms with Crippen LogP contribution >= 0.6 is 0 Å². The topological polar surface area (TPSA) is 32.3 Å². The second-order valence-corrected chi connectivity index (χ2v) is 5.23. The fraction of sp³-hybridized carbons (Fsp3) is 0.786. The second-order valence-electron chi connectivity index (χ2n) is 5.23. The standard InChI is InChI=1S/C14H24N2O/c1-2-3-5-8-12-11-16(15-14(12)17)13-9-6-4-7-10-13/h3,5,12-13H,2,4,6-11H2,1H3,(H,15,17). The van der Waals surface area contributed by atoms with E-state index in [4.69, 9.17) is 0 Å². The Labute approximate surface area is 104 Å². The van der Waals surface area contributed by atoms with E-state index in [0.29, 0.717) is 6.04 Å². The first-order valence-electron chi connectivity index (χ1n) is 7.03. The van der Waals surface area contributed by atoms with Crippen molar-refractivity contribution in [2.75, 3.05) is 6.54 Å². The van der Waals surface area contributed by atoms with E-state index in [-0.39, 0.29) is 11.8 Å². The SMILES string of the molecule is CCC=CCC1CN(C2CCCCC2)NC1=O. The number of allylic oxidation sites excluding steroid dienone is 2. The fourth-order valence-corrected chi connectivity index (χ4v) is 2.84. The zero-order chi connectivity index (χ0) is 12.1. The van der Waals surface area contributed by atoms with E-state index in [1.807, 2.05) is 0 Å². The summed E-state index contributed by atoms with van der Waals surface area (Å²) in [6.45, 7) is 3.02. The highest BCUT2D eigenvalue weighted by atomic mass is 16.2. The summed E-state index contributed by atoms with van der Waals surface area (Å²) < 4.78 is 0. The van der Waals surface area contributed by atoms with Crippen molar-refractivity contribution in [3.8, 4) is 0 Å². The van der Waals surface area contributed by atoms with Crippen LogP contribution in [0.3, 0.4) is 0 Å². The molecule has 1 aliphatic heterocycles. The smallest absolute Gasteiger partial charge is 0.239 e. The molecule has 1 atom stereocenters. The summed E-state index contributed by atoms with van der Waals surface area (Å²) in [4.78, 5) is 11.8. The maximum Gasteiger partial charge on any atom is 0.239 e. The van der Waals surface area contributed by atoms with E-state index in [2.05, 4.69) is 29.5 Å². The average Bonchev–Trinajstić information content (AvgIpc) is 2.73. The molecule has 0 aromatic carbocycles. The van der Waals surface area contributed by atoms with Gasteiger partial charge in [-0.25, -0.2) is 5.01 Å². The Morgan fingerprint density at radius 2 is 2.06 bits per heavy atom. The van der Waals surface area contributed by atoms with Crippen molar-refractivity contribution in [1.29, 1.82) is 0 Å². The van der Waals surface area contributed by atoms with E-state index < -0.39 is 0 Å². The third-order valence-electron chi connectivity index (χ3n) is 3.88. The average molecular weight is 236 g/mol. The van der Waals surface area contributed by atoms with Gasteiger partial charge in [-0.2, -0.15) is 0 Å². The van der Waals surface area contributed by atoms with Gasteiger partial charge >= 0.3 is 0 Å². The maximum atomic E-state index is 11.8. The van der Waals surface area contributed by atoms with Gasteiger partial charge in [0.05, 0.1) is 5.92 Å². The van der Waals surface area contributed by atoms with Crippen LogP contribution < -0.4 is 5.43 Å². The zero-order valence-electron chi connectivity index (χ0n) is 10.8. The molecule has 0 spiro atoms. The molecule has 0 bridgehead atoms. The lowest BCUT2D eigenvalue weighted by Crippen LogP contribution is -2.42. The first-order chi connectivity index (χ1) is 8.31. The molecule has 2 fully saturated rings. The molecule has 0 aromatic heterocycles. The lowest BCUT2D eigenvalue weighted by Gasteiger charge is -2.30. The van der Waals surface area contributed by atoms with Crippen LogP contribution in [-0.2, 0) is 4.79 Å². The molecular weight excluding hydrogens is 212 g/mol. The minimum Gasteiger partial charge on any atom is -0.288 e. The van der Waals surface area contributed by atoms with Gasteiger partial charge in [0, 0.05) is 12.6 Å². The van der Waals surface area contributed by atoms with Crippen LogP contribution in [0, 0.1) is 5.92 Å². The molecule has 1 N–H and O–H groups in total. The Bertz CT molecular complexity index is 282. The van der Waals surface area contributed by atoms with E-state index in [9.17, 15) is 4.79 Å². The van der Waals surface area contributed by atoms with Gasteiger partial charge in [0.25, 0.3) is 0 Å². The van der Waals surface area contributed by atoms with Crippen molar-refractivity contribution in [1.82, 2.24) is 10.4 Å². The van der Waals surface area contributed by atoms with Gasteiger partial charge in [-0.15, -0.1) is 0 Å². The van der Waals surface area contributed by atoms with Gasteiger partial charge in [0.2, 0.25) is 5.91 Å². The van der Waals surface area contributed by atoms with E-state index in [1.54, 1.807) is 0 Å². The molecule has 1 saturated carbocycles. The van der Waals surface area contributed by atoms with Crippen LogP contribution in [0.1, 0.15) is 51.9 Å². The number of nitrogens with one attached hydrogen (secondary N) is 1. The van der Waals surface area contributed by atoms with Gasteiger partial charge < -0.3 is 0 Å². The van der Waals surface area contributed by atoms with Crippen molar-refractivity contribution in [2.24, 2.45) is 5.92 Å². The first-order valence-corrected chi connectivity index (χ1v) is 7.03. The van der Waals surface area contributed by atoms with Crippen molar-refractivity contribution in [3.05, 3.63) is 12.2 Å². The van der Waals surface area contributed by atoms with Gasteiger partial charge in [0.15, 0.2) is 0 Å². The Balaban J connectivity index is 1.83. The molecule has 96 valence electrons. The summed E-state index contributed by atoms with van der Waals surface area (Å²) in [6, 6.07) is 0.591. The first kappa shape index (κ1) is 12.6. The summed E-state index contributed by atoms with van der Waals surface area (Å²) in [5, 5.41) is 2.20. The number of hydrazine groups is 1. The summed E-state index contributed by atoms with van der Waals surface area (Å²) in [7, 11) is 0. The van der Waals surface area contributed by atoms with Crippen LogP contribution in [0.5, 0.6) is 0 Å². The minimum absolute atomic E-state index is 0.166. The number of carbonyl (C=O) groups is 1. The Morgan fingerprint density at radius 1 is 1.29 bits per heavy atom. The molecule has 3 nitrogen and oxygen atoms in total. The molecule has 2 aliphatic rings. The third kappa shape index (κ3) is 3.32. The number of hydrogen-bond acceptors (Lipinski definition) is 2. The summed E-state index contributed by atoms with van der Waals surface area (Å²) in [6.07, 6.45) is 12.7. The van der Waals surface area contributed by atoms with E-state index in [0.717, 1.165) is 19.4 Å². The van der Waals surface area contributed by atoms with Crippen LogP contribution in [0.25, 0.3) is 0 Å². The maximum absolute atomic E-state index is 11.8. The number of carbonyl (C=O) groups excluding carboxylic acids is 1. The fourth-order valence-electron chi connectivity index (χ4n) is 2.84. The lowest BCUT2D eigenvalue weighted by molar-refractivity contribution is -0.124. The number of hydrogen-bond donors (Lipinski definition) is 1. The molecule has 1 heterocycles. The van der Waals surface area contributed by atoms with Crippen molar-refractivity contribution < 1.29 is 4.79 Å². The van der Waals surface area contributed by atoms with Gasteiger partial charge in [-0.05, 0) is 25.7 Å². The zero-order valence-corrected chi connectivity index (χ0v) is 10.8. The summed E-state index contributed by atoms with van der Waals surface area (Å²) in [5.74, 6) is 0.385. The van der Waals surface area contributed by atoms with Crippen LogP contribution in [-0.4, -0.2) is 23.5 Å². The van der Waals surface area contributed by atoms with E-state index in [1.165, 1.54) is 32.1 Å². The van der Waals surface area contributed by atoms with Crippen molar-refractivity contribution >= 4 is 5.91 Å².